The number of aryl methyl sites for hydroxylation is 2. The normalized spacial score (nSPS) is 15.1. The van der Waals surface area contributed by atoms with Gasteiger partial charge in [0.15, 0.2) is 0 Å². The van der Waals surface area contributed by atoms with Crippen molar-refractivity contribution in [3.8, 4) is 0 Å². The summed E-state index contributed by atoms with van der Waals surface area (Å²) in [6, 6.07) is 14.6. The van der Waals surface area contributed by atoms with Gasteiger partial charge in [-0.1, -0.05) is 43.3 Å². The van der Waals surface area contributed by atoms with Gasteiger partial charge >= 0.3 is 6.03 Å². The number of hydrogen-bond acceptors (Lipinski definition) is 3. The molecule has 0 bridgehead atoms. The van der Waals surface area contributed by atoms with Crippen LogP contribution in [0.1, 0.15) is 18.1 Å². The quantitative estimate of drug-likeness (QED) is 0.508. The van der Waals surface area contributed by atoms with Crippen molar-refractivity contribution < 1.29 is 14.4 Å². The summed E-state index contributed by atoms with van der Waals surface area (Å²) >= 11 is 0. The standard InChI is InChI=1S/C23H22N4O3/c1-3-15-8-4-6-10-18(15)24-21(28)14-27-22(29)19(25-23(27)30)12-16-13-26(2)20-11-7-5-9-17(16)20/h4-13H,3,14H2,1-2H3,(H,24,28)(H,25,30)/b19-12+. The Morgan fingerprint density at radius 3 is 2.63 bits per heavy atom. The highest BCUT2D eigenvalue weighted by Gasteiger charge is 2.35. The molecule has 152 valence electrons. The molecule has 1 aromatic heterocycles. The van der Waals surface area contributed by atoms with Crippen molar-refractivity contribution in [1.29, 1.82) is 0 Å². The van der Waals surface area contributed by atoms with Crippen molar-refractivity contribution in [2.24, 2.45) is 7.05 Å². The summed E-state index contributed by atoms with van der Waals surface area (Å²) in [5.74, 6) is -0.947. The molecule has 30 heavy (non-hydrogen) atoms. The van der Waals surface area contributed by atoms with Crippen LogP contribution in [0.3, 0.4) is 0 Å². The lowest BCUT2D eigenvalue weighted by Gasteiger charge is -2.13. The second-order valence-electron chi connectivity index (χ2n) is 7.15. The minimum absolute atomic E-state index is 0.151. The van der Waals surface area contributed by atoms with E-state index in [1.54, 1.807) is 12.1 Å². The summed E-state index contributed by atoms with van der Waals surface area (Å²) in [5, 5.41) is 6.34. The van der Waals surface area contributed by atoms with Gasteiger partial charge in [0.1, 0.15) is 12.2 Å². The number of hydrogen-bond donors (Lipinski definition) is 2. The Morgan fingerprint density at radius 2 is 1.83 bits per heavy atom. The highest BCUT2D eigenvalue weighted by atomic mass is 16.2. The van der Waals surface area contributed by atoms with Gasteiger partial charge in [0.2, 0.25) is 5.91 Å². The van der Waals surface area contributed by atoms with Gasteiger partial charge in [0, 0.05) is 35.4 Å². The molecule has 0 radical (unpaired) electrons. The van der Waals surface area contributed by atoms with Crippen LogP contribution in [-0.4, -0.2) is 33.9 Å². The van der Waals surface area contributed by atoms with Crippen LogP contribution in [0.25, 0.3) is 17.0 Å². The number of carbonyl (C=O) groups excluding carboxylic acids is 3. The average Bonchev–Trinajstić information content (AvgIpc) is 3.20. The smallest absolute Gasteiger partial charge is 0.329 e. The van der Waals surface area contributed by atoms with Crippen molar-refractivity contribution >= 4 is 40.5 Å². The zero-order valence-corrected chi connectivity index (χ0v) is 16.8. The van der Waals surface area contributed by atoms with Crippen LogP contribution >= 0.6 is 0 Å². The highest BCUT2D eigenvalue weighted by molar-refractivity contribution is 6.16. The molecule has 0 atom stereocenters. The van der Waals surface area contributed by atoms with Crippen LogP contribution in [0.15, 0.2) is 60.4 Å². The van der Waals surface area contributed by atoms with Crippen LogP contribution in [0.4, 0.5) is 10.5 Å². The predicted molar refractivity (Wildman–Crippen MR) is 116 cm³/mol. The largest absolute Gasteiger partial charge is 0.350 e. The molecule has 0 aliphatic carbocycles. The molecule has 2 N–H and O–H groups in total. The number of nitrogens with one attached hydrogen (secondary N) is 2. The minimum atomic E-state index is -0.606. The summed E-state index contributed by atoms with van der Waals surface area (Å²) in [6.07, 6.45) is 4.30. The van der Waals surface area contributed by atoms with E-state index in [1.165, 1.54) is 0 Å². The maximum Gasteiger partial charge on any atom is 0.329 e. The molecule has 4 amide bonds. The number of imide groups is 1. The topological polar surface area (TPSA) is 83.4 Å². The lowest BCUT2D eigenvalue weighted by molar-refractivity contribution is -0.127. The molecule has 1 saturated heterocycles. The van der Waals surface area contributed by atoms with E-state index in [4.69, 9.17) is 0 Å². The van der Waals surface area contributed by atoms with Crippen molar-refractivity contribution in [1.82, 2.24) is 14.8 Å². The Labute approximate surface area is 174 Å². The minimum Gasteiger partial charge on any atom is -0.350 e. The summed E-state index contributed by atoms with van der Waals surface area (Å²) in [7, 11) is 1.92. The zero-order valence-electron chi connectivity index (χ0n) is 16.8. The molecule has 4 rings (SSSR count). The third kappa shape index (κ3) is 3.57. The molecule has 2 aromatic carbocycles. The van der Waals surface area contributed by atoms with E-state index in [2.05, 4.69) is 10.6 Å². The molecule has 7 heteroatoms. The molecule has 7 nitrogen and oxygen atoms in total. The summed E-state index contributed by atoms with van der Waals surface area (Å²) in [5.41, 5.74) is 3.66. The molecule has 2 heterocycles. The zero-order chi connectivity index (χ0) is 21.3. The third-order valence-electron chi connectivity index (χ3n) is 5.16. The Morgan fingerprint density at radius 1 is 1.10 bits per heavy atom. The lowest BCUT2D eigenvalue weighted by atomic mass is 10.1. The Kier molecular flexibility index (Phi) is 5.10. The number of carbonyl (C=O) groups is 3. The molecule has 3 aromatic rings. The van der Waals surface area contributed by atoms with Crippen molar-refractivity contribution in [2.45, 2.75) is 13.3 Å². The van der Waals surface area contributed by atoms with Crippen molar-refractivity contribution in [3.05, 3.63) is 71.6 Å². The van der Waals surface area contributed by atoms with Gasteiger partial charge in [-0.2, -0.15) is 0 Å². The number of para-hydroxylation sites is 2. The number of fused-ring (bicyclic) bond motifs is 1. The van der Waals surface area contributed by atoms with Crippen LogP contribution in [0.5, 0.6) is 0 Å². The summed E-state index contributed by atoms with van der Waals surface area (Å²) in [6.45, 7) is 1.64. The van der Waals surface area contributed by atoms with Crippen LogP contribution < -0.4 is 10.6 Å². The molecule has 1 aliphatic rings. The predicted octanol–water partition coefficient (Wildman–Crippen LogP) is 3.27. The fourth-order valence-electron chi connectivity index (χ4n) is 3.64. The maximum atomic E-state index is 12.8. The number of aromatic nitrogens is 1. The van der Waals surface area contributed by atoms with Gasteiger partial charge < -0.3 is 15.2 Å². The first-order valence-corrected chi connectivity index (χ1v) is 9.74. The monoisotopic (exact) mass is 402 g/mol. The van der Waals surface area contributed by atoms with Gasteiger partial charge in [0.25, 0.3) is 5.91 Å². The van der Waals surface area contributed by atoms with E-state index in [1.807, 2.05) is 67.2 Å². The number of benzene rings is 2. The van der Waals surface area contributed by atoms with Crippen LogP contribution in [0, 0.1) is 0 Å². The Hall–Kier alpha value is -3.87. The van der Waals surface area contributed by atoms with E-state index in [0.29, 0.717) is 5.69 Å². The molecule has 1 aliphatic heterocycles. The highest BCUT2D eigenvalue weighted by Crippen LogP contribution is 2.24. The number of urea groups is 1. The first kappa shape index (κ1) is 19.4. The third-order valence-corrected chi connectivity index (χ3v) is 5.16. The second-order valence-corrected chi connectivity index (χ2v) is 7.15. The number of anilines is 1. The van der Waals surface area contributed by atoms with E-state index < -0.39 is 17.8 Å². The van der Waals surface area contributed by atoms with E-state index in [0.717, 1.165) is 33.4 Å². The van der Waals surface area contributed by atoms with Crippen molar-refractivity contribution in [3.63, 3.8) is 0 Å². The van der Waals surface area contributed by atoms with Crippen molar-refractivity contribution in [2.75, 3.05) is 11.9 Å². The average molecular weight is 402 g/mol. The summed E-state index contributed by atoms with van der Waals surface area (Å²) in [4.78, 5) is 38.5. The first-order chi connectivity index (χ1) is 14.5. The Bertz CT molecular complexity index is 1190. The molecule has 0 saturated carbocycles. The van der Waals surface area contributed by atoms with E-state index in [9.17, 15) is 14.4 Å². The van der Waals surface area contributed by atoms with Gasteiger partial charge in [-0.3, -0.25) is 9.59 Å². The van der Waals surface area contributed by atoms with E-state index >= 15 is 0 Å². The first-order valence-electron chi connectivity index (χ1n) is 9.74. The molecule has 1 fully saturated rings. The molecule has 0 spiro atoms. The number of rotatable bonds is 5. The Balaban J connectivity index is 1.52. The maximum absolute atomic E-state index is 12.8. The summed E-state index contributed by atoms with van der Waals surface area (Å²) < 4.78 is 1.96. The second kappa shape index (κ2) is 7.87. The van der Waals surface area contributed by atoms with Crippen LogP contribution in [-0.2, 0) is 23.1 Å². The molecule has 0 unspecified atom stereocenters. The van der Waals surface area contributed by atoms with Crippen LogP contribution in [0.2, 0.25) is 0 Å². The molecular weight excluding hydrogens is 380 g/mol. The molecular formula is C23H22N4O3. The van der Waals surface area contributed by atoms with Gasteiger partial charge in [-0.05, 0) is 30.2 Å². The SMILES string of the molecule is CCc1ccccc1NC(=O)CN1C(=O)N/C(=C/c2cn(C)c3ccccc23)C1=O. The lowest BCUT2D eigenvalue weighted by Crippen LogP contribution is -2.38. The van der Waals surface area contributed by atoms with E-state index in [-0.39, 0.29) is 12.2 Å². The van der Waals surface area contributed by atoms with Gasteiger partial charge in [-0.15, -0.1) is 0 Å². The van der Waals surface area contributed by atoms with Gasteiger partial charge in [-0.25, -0.2) is 9.69 Å². The number of nitrogens with zero attached hydrogens (tertiary/aromatic N) is 2. The fraction of sp³-hybridized carbons (Fsp3) is 0.174. The fourth-order valence-corrected chi connectivity index (χ4v) is 3.64. The number of amides is 4. The van der Waals surface area contributed by atoms with Gasteiger partial charge in [0.05, 0.1) is 0 Å².